The molecule has 3 aromatic rings. The minimum atomic E-state index is -0.585. The number of nitrogens with zero attached hydrogens (tertiary/aromatic N) is 3. The molecule has 2 aliphatic rings. The van der Waals surface area contributed by atoms with Crippen molar-refractivity contribution in [1.29, 1.82) is 0 Å². The van der Waals surface area contributed by atoms with E-state index >= 15 is 0 Å². The predicted octanol–water partition coefficient (Wildman–Crippen LogP) is 3.88. The minimum absolute atomic E-state index is 0.0138. The number of carbonyl (C=O) groups is 2. The second-order valence-electron chi connectivity index (χ2n) is 10.8. The highest BCUT2D eigenvalue weighted by Gasteiger charge is 2.41. The highest BCUT2D eigenvalue weighted by molar-refractivity contribution is 5.90. The second-order valence-corrected chi connectivity index (χ2v) is 10.8. The van der Waals surface area contributed by atoms with E-state index in [1.165, 1.54) is 11.1 Å². The van der Waals surface area contributed by atoms with Gasteiger partial charge in [-0.15, -0.1) is 0 Å². The van der Waals surface area contributed by atoms with E-state index in [-0.39, 0.29) is 11.8 Å². The van der Waals surface area contributed by atoms with Crippen LogP contribution in [0.25, 0.3) is 5.69 Å². The molecule has 0 saturated carbocycles. The first-order valence-corrected chi connectivity index (χ1v) is 14.1. The lowest BCUT2D eigenvalue weighted by atomic mass is 9.73. The van der Waals surface area contributed by atoms with Crippen molar-refractivity contribution in [3.05, 3.63) is 78.1 Å². The molecule has 3 heterocycles. The molecule has 0 radical (unpaired) electrons. The normalized spacial score (nSPS) is 21.1. The molecule has 8 nitrogen and oxygen atoms in total. The van der Waals surface area contributed by atoms with Crippen molar-refractivity contribution >= 4 is 11.8 Å². The van der Waals surface area contributed by atoms with Crippen LogP contribution in [-0.4, -0.2) is 58.8 Å². The molecule has 5 rings (SSSR count). The van der Waals surface area contributed by atoms with Crippen LogP contribution in [-0.2, 0) is 22.6 Å². The zero-order chi connectivity index (χ0) is 27.1. The van der Waals surface area contributed by atoms with Gasteiger partial charge in [-0.05, 0) is 87.5 Å². The summed E-state index contributed by atoms with van der Waals surface area (Å²) in [5, 5.41) is 10.2. The third kappa shape index (κ3) is 6.68. The summed E-state index contributed by atoms with van der Waals surface area (Å²) >= 11 is 0. The Hall–Kier alpha value is -3.65. The summed E-state index contributed by atoms with van der Waals surface area (Å²) in [7, 11) is 0. The average molecular weight is 530 g/mol. The number of piperidine rings is 1. The Morgan fingerprint density at radius 1 is 1.00 bits per heavy atom. The van der Waals surface area contributed by atoms with Gasteiger partial charge in [0.25, 0.3) is 0 Å². The van der Waals surface area contributed by atoms with Crippen molar-refractivity contribution in [3.8, 4) is 11.4 Å². The van der Waals surface area contributed by atoms with Crippen molar-refractivity contribution in [2.75, 3.05) is 26.2 Å². The Bertz CT molecular complexity index is 1230. The van der Waals surface area contributed by atoms with Crippen molar-refractivity contribution < 1.29 is 14.3 Å². The lowest BCUT2D eigenvalue weighted by Crippen LogP contribution is -2.53. The van der Waals surface area contributed by atoms with Crippen LogP contribution < -0.4 is 15.4 Å². The Balaban J connectivity index is 1.24. The number of hydrogen-bond donors (Lipinski definition) is 2. The average Bonchev–Trinajstić information content (AvgIpc) is 3.50. The van der Waals surface area contributed by atoms with Crippen LogP contribution in [0.2, 0.25) is 0 Å². The number of fused-ring (bicyclic) bond motifs is 1. The summed E-state index contributed by atoms with van der Waals surface area (Å²) in [6.45, 7) is 5.12. The fourth-order valence-electron chi connectivity index (χ4n) is 5.70. The number of nitrogens with one attached hydrogen (secondary N) is 2. The van der Waals surface area contributed by atoms with Gasteiger partial charge in [0.05, 0.1) is 17.6 Å². The van der Waals surface area contributed by atoms with Crippen LogP contribution in [0, 0.1) is 5.41 Å². The fraction of sp³-hybridized carbons (Fsp3) is 0.452. The van der Waals surface area contributed by atoms with Gasteiger partial charge in [0.1, 0.15) is 18.4 Å². The summed E-state index contributed by atoms with van der Waals surface area (Å²) in [6.07, 6.45) is 8.98. The maximum atomic E-state index is 13.7. The van der Waals surface area contributed by atoms with Crippen LogP contribution in [0.3, 0.4) is 0 Å². The molecule has 2 N–H and O–H groups in total. The Morgan fingerprint density at radius 3 is 2.56 bits per heavy atom. The first-order chi connectivity index (χ1) is 19.0. The largest absolute Gasteiger partial charge is 0.491 e. The smallest absolute Gasteiger partial charge is 0.242 e. The van der Waals surface area contributed by atoms with Crippen molar-refractivity contribution in [1.82, 2.24) is 25.3 Å². The molecule has 1 atom stereocenters. The van der Waals surface area contributed by atoms with Gasteiger partial charge in [0.15, 0.2) is 0 Å². The van der Waals surface area contributed by atoms with E-state index in [1.807, 2.05) is 35.1 Å². The molecule has 39 heavy (non-hydrogen) atoms. The van der Waals surface area contributed by atoms with Gasteiger partial charge in [-0.2, -0.15) is 5.10 Å². The van der Waals surface area contributed by atoms with E-state index in [0.29, 0.717) is 13.2 Å². The minimum Gasteiger partial charge on any atom is -0.491 e. The Labute approximate surface area is 230 Å². The SMILES string of the molecule is C[C@@H]1NC(=O)C2(CCCCc3ccccc3OCCNC1=O)CCN(Cc1ccc(-n3cccn3)cc1)CC2. The molecule has 0 unspecified atom stereocenters. The number of para-hydroxylation sites is 1. The molecule has 1 saturated heterocycles. The van der Waals surface area contributed by atoms with Crippen molar-refractivity contribution in [2.45, 2.75) is 58.0 Å². The predicted molar refractivity (Wildman–Crippen MR) is 151 cm³/mol. The highest BCUT2D eigenvalue weighted by atomic mass is 16.5. The first-order valence-electron chi connectivity index (χ1n) is 14.1. The lowest BCUT2D eigenvalue weighted by molar-refractivity contribution is -0.138. The Kier molecular flexibility index (Phi) is 8.61. The third-order valence-electron chi connectivity index (χ3n) is 8.13. The number of ether oxygens (including phenoxy) is 1. The molecule has 1 spiro atoms. The molecule has 2 amide bonds. The standard InChI is InChI=1S/C31H39N5O3/c1-24-29(37)32-18-22-39-28-9-3-2-7-26(28)8-4-5-14-31(30(38)34-24)15-20-35(21-16-31)23-25-10-12-27(13-11-25)36-19-6-17-33-36/h2-3,6-7,9-13,17,19,24H,4-5,8,14-16,18,20-23H2,1H3,(H,32,37)(H,34,38)/t24-/m0/s1. The summed E-state index contributed by atoms with van der Waals surface area (Å²) in [4.78, 5) is 28.8. The van der Waals surface area contributed by atoms with Crippen LogP contribution in [0.1, 0.15) is 50.2 Å². The monoisotopic (exact) mass is 529 g/mol. The summed E-state index contributed by atoms with van der Waals surface area (Å²) < 4.78 is 7.81. The number of aromatic nitrogens is 2. The van der Waals surface area contributed by atoms with E-state index in [1.54, 1.807) is 13.1 Å². The molecular formula is C31H39N5O3. The van der Waals surface area contributed by atoms with Gasteiger partial charge in [0.2, 0.25) is 11.8 Å². The van der Waals surface area contributed by atoms with Crippen LogP contribution in [0.4, 0.5) is 0 Å². The van der Waals surface area contributed by atoms with Gasteiger partial charge in [-0.1, -0.05) is 36.8 Å². The topological polar surface area (TPSA) is 88.5 Å². The number of carbonyl (C=O) groups excluding carboxylic acids is 2. The quantitative estimate of drug-likeness (QED) is 0.538. The highest BCUT2D eigenvalue weighted by Crippen LogP contribution is 2.38. The van der Waals surface area contributed by atoms with E-state index < -0.39 is 11.5 Å². The number of amides is 2. The zero-order valence-electron chi connectivity index (χ0n) is 22.8. The van der Waals surface area contributed by atoms with Gasteiger partial charge >= 0.3 is 0 Å². The summed E-state index contributed by atoms with van der Waals surface area (Å²) in [5.74, 6) is 0.714. The third-order valence-corrected chi connectivity index (χ3v) is 8.13. The van der Waals surface area contributed by atoms with Crippen LogP contribution in [0.5, 0.6) is 5.75 Å². The molecule has 206 valence electrons. The molecule has 1 fully saturated rings. The molecule has 8 heteroatoms. The van der Waals surface area contributed by atoms with Gasteiger partial charge < -0.3 is 15.4 Å². The second kappa shape index (κ2) is 12.5. The molecule has 1 aromatic heterocycles. The molecule has 0 aliphatic carbocycles. The maximum Gasteiger partial charge on any atom is 0.242 e. The zero-order valence-corrected chi connectivity index (χ0v) is 22.8. The molecule has 0 bridgehead atoms. The van der Waals surface area contributed by atoms with E-state index in [0.717, 1.165) is 69.6 Å². The van der Waals surface area contributed by atoms with E-state index in [9.17, 15) is 9.59 Å². The Morgan fingerprint density at radius 2 is 1.79 bits per heavy atom. The van der Waals surface area contributed by atoms with E-state index in [2.05, 4.69) is 51.0 Å². The first kappa shape index (κ1) is 26.9. The van der Waals surface area contributed by atoms with Gasteiger partial charge in [-0.3, -0.25) is 14.5 Å². The van der Waals surface area contributed by atoms with E-state index in [4.69, 9.17) is 4.74 Å². The number of rotatable bonds is 3. The summed E-state index contributed by atoms with van der Waals surface area (Å²) in [6, 6.07) is 17.9. The molecule has 2 aliphatic heterocycles. The van der Waals surface area contributed by atoms with Crippen molar-refractivity contribution in [2.24, 2.45) is 5.41 Å². The number of hydrogen-bond acceptors (Lipinski definition) is 5. The maximum absolute atomic E-state index is 13.7. The molecular weight excluding hydrogens is 490 g/mol. The van der Waals surface area contributed by atoms with Crippen LogP contribution in [0.15, 0.2) is 67.0 Å². The summed E-state index contributed by atoms with van der Waals surface area (Å²) in [5.41, 5.74) is 3.02. The fourth-order valence-corrected chi connectivity index (χ4v) is 5.70. The number of benzene rings is 2. The van der Waals surface area contributed by atoms with Gasteiger partial charge in [0, 0.05) is 18.9 Å². The van der Waals surface area contributed by atoms with Crippen LogP contribution >= 0.6 is 0 Å². The number of likely N-dealkylation sites (tertiary alicyclic amines) is 1. The number of aryl methyl sites for hydroxylation is 1. The lowest BCUT2D eigenvalue weighted by Gasteiger charge is -2.41. The van der Waals surface area contributed by atoms with Gasteiger partial charge in [-0.25, -0.2) is 4.68 Å². The van der Waals surface area contributed by atoms with Crippen molar-refractivity contribution in [3.63, 3.8) is 0 Å². The molecule has 2 aromatic carbocycles.